The van der Waals surface area contributed by atoms with E-state index in [2.05, 4.69) is 11.6 Å². The summed E-state index contributed by atoms with van der Waals surface area (Å²) in [5.74, 6) is 0.522. The van der Waals surface area contributed by atoms with Crippen molar-refractivity contribution in [1.82, 2.24) is 9.62 Å². The van der Waals surface area contributed by atoms with Gasteiger partial charge in [-0.25, -0.2) is 13.1 Å². The summed E-state index contributed by atoms with van der Waals surface area (Å²) in [6.07, 6.45) is 2.34. The fourth-order valence-corrected chi connectivity index (χ4v) is 3.72. The Morgan fingerprint density at radius 2 is 2.05 bits per heavy atom. The summed E-state index contributed by atoms with van der Waals surface area (Å²) < 4.78 is 26.6. The lowest BCUT2D eigenvalue weighted by atomic mass is 10.0. The monoisotopic (exact) mass is 344 g/mol. The van der Waals surface area contributed by atoms with E-state index in [9.17, 15) is 13.2 Å². The first-order valence-electron chi connectivity index (χ1n) is 7.41. The van der Waals surface area contributed by atoms with Crippen molar-refractivity contribution in [3.05, 3.63) is 29.3 Å². The van der Waals surface area contributed by atoms with Crippen LogP contribution in [0.1, 0.15) is 26.2 Å². The van der Waals surface area contributed by atoms with Crippen molar-refractivity contribution < 1.29 is 13.2 Å². The zero-order valence-electron chi connectivity index (χ0n) is 12.6. The van der Waals surface area contributed by atoms with Gasteiger partial charge in [0.05, 0.1) is 4.90 Å². The number of piperidine rings is 1. The molecule has 1 heterocycles. The second-order valence-corrected chi connectivity index (χ2v) is 7.89. The topological polar surface area (TPSA) is 66.5 Å². The van der Waals surface area contributed by atoms with E-state index in [0.29, 0.717) is 10.9 Å². The lowest BCUT2D eigenvalue weighted by Gasteiger charge is -2.31. The van der Waals surface area contributed by atoms with E-state index in [1.807, 2.05) is 4.90 Å². The molecule has 1 aliphatic heterocycles. The molecule has 0 spiro atoms. The number of hydrogen-bond donors (Lipinski definition) is 1. The van der Waals surface area contributed by atoms with Gasteiger partial charge < -0.3 is 4.90 Å². The van der Waals surface area contributed by atoms with E-state index in [1.54, 1.807) is 0 Å². The number of likely N-dealkylation sites (tertiary alicyclic amines) is 1. The first-order valence-corrected chi connectivity index (χ1v) is 9.27. The van der Waals surface area contributed by atoms with E-state index in [1.165, 1.54) is 24.3 Å². The third-order valence-corrected chi connectivity index (χ3v) is 5.49. The van der Waals surface area contributed by atoms with Crippen LogP contribution < -0.4 is 4.72 Å². The Labute approximate surface area is 136 Å². The molecule has 1 fully saturated rings. The van der Waals surface area contributed by atoms with E-state index in [0.717, 1.165) is 25.9 Å². The minimum atomic E-state index is -3.59. The number of nitrogens with one attached hydrogen (secondary N) is 1. The maximum Gasteiger partial charge on any atom is 0.240 e. The average Bonchev–Trinajstić information content (AvgIpc) is 2.47. The highest BCUT2D eigenvalue weighted by atomic mass is 35.5. The quantitative estimate of drug-likeness (QED) is 0.891. The molecule has 1 N–H and O–H groups in total. The molecule has 5 nitrogen and oxygen atoms in total. The number of sulfonamides is 1. The van der Waals surface area contributed by atoms with Gasteiger partial charge in [0.15, 0.2) is 0 Å². The van der Waals surface area contributed by atoms with Gasteiger partial charge in [0, 0.05) is 31.1 Å². The molecule has 1 aliphatic rings. The van der Waals surface area contributed by atoms with Crippen LogP contribution in [0.15, 0.2) is 29.2 Å². The van der Waals surface area contributed by atoms with Crippen LogP contribution in [-0.4, -0.2) is 38.9 Å². The van der Waals surface area contributed by atoms with Crippen molar-refractivity contribution >= 4 is 27.5 Å². The predicted molar refractivity (Wildman–Crippen MR) is 86.2 cm³/mol. The van der Waals surface area contributed by atoms with Crippen LogP contribution in [0.2, 0.25) is 5.02 Å². The second kappa shape index (κ2) is 7.44. The minimum absolute atomic E-state index is 0.00496. The number of rotatable bonds is 5. The highest BCUT2D eigenvalue weighted by Gasteiger charge is 2.21. The van der Waals surface area contributed by atoms with E-state index in [4.69, 9.17) is 11.6 Å². The van der Waals surface area contributed by atoms with Gasteiger partial charge >= 0.3 is 0 Å². The molecular weight excluding hydrogens is 324 g/mol. The Morgan fingerprint density at radius 1 is 1.36 bits per heavy atom. The van der Waals surface area contributed by atoms with E-state index < -0.39 is 10.0 Å². The van der Waals surface area contributed by atoms with Crippen molar-refractivity contribution in [1.29, 1.82) is 0 Å². The molecule has 1 atom stereocenters. The largest absolute Gasteiger partial charge is 0.342 e. The fraction of sp³-hybridized carbons (Fsp3) is 0.533. The number of carbonyl (C=O) groups excluding carboxylic acids is 1. The fourth-order valence-electron chi connectivity index (χ4n) is 2.56. The predicted octanol–water partition coefficient (Wildman–Crippen LogP) is 2.27. The van der Waals surface area contributed by atoms with Crippen LogP contribution >= 0.6 is 11.6 Å². The molecule has 1 unspecified atom stereocenters. The smallest absolute Gasteiger partial charge is 0.240 e. The zero-order valence-corrected chi connectivity index (χ0v) is 14.2. The first-order chi connectivity index (χ1) is 10.4. The average molecular weight is 345 g/mol. The summed E-state index contributed by atoms with van der Waals surface area (Å²) in [4.78, 5) is 14.1. The molecule has 0 aliphatic carbocycles. The number of halogens is 1. The third kappa shape index (κ3) is 4.69. The molecule has 7 heteroatoms. The molecule has 2 rings (SSSR count). The van der Waals surface area contributed by atoms with Gasteiger partial charge in [0.1, 0.15) is 0 Å². The van der Waals surface area contributed by atoms with Crippen LogP contribution in [0.3, 0.4) is 0 Å². The number of benzene rings is 1. The molecule has 0 aromatic heterocycles. The van der Waals surface area contributed by atoms with Gasteiger partial charge in [-0.15, -0.1) is 0 Å². The molecule has 1 aromatic carbocycles. The summed E-state index contributed by atoms with van der Waals surface area (Å²) in [6, 6.07) is 5.93. The molecule has 22 heavy (non-hydrogen) atoms. The van der Waals surface area contributed by atoms with Crippen LogP contribution in [0.25, 0.3) is 0 Å². The SMILES string of the molecule is CC1CCCN(C(=O)CCNS(=O)(=O)c2ccc(Cl)cc2)C1. The van der Waals surface area contributed by atoms with Gasteiger partial charge in [0.25, 0.3) is 0 Å². The summed E-state index contributed by atoms with van der Waals surface area (Å²) in [7, 11) is -3.59. The summed E-state index contributed by atoms with van der Waals surface area (Å²) >= 11 is 5.74. The first kappa shape index (κ1) is 17.2. The maximum atomic E-state index is 12.1. The number of amides is 1. The normalized spacial score (nSPS) is 19.2. The van der Waals surface area contributed by atoms with Crippen LogP contribution in [0.5, 0.6) is 0 Å². The number of hydrogen-bond acceptors (Lipinski definition) is 3. The van der Waals surface area contributed by atoms with E-state index >= 15 is 0 Å². The molecule has 1 amide bonds. The van der Waals surface area contributed by atoms with Gasteiger partial charge in [-0.3, -0.25) is 4.79 Å². The molecule has 0 saturated carbocycles. The minimum Gasteiger partial charge on any atom is -0.342 e. The van der Waals surface area contributed by atoms with Crippen LogP contribution in [0.4, 0.5) is 0 Å². The van der Waals surface area contributed by atoms with Crippen molar-refractivity contribution in [2.75, 3.05) is 19.6 Å². The molecule has 0 radical (unpaired) electrons. The molecular formula is C15H21ClN2O3S. The van der Waals surface area contributed by atoms with Crippen molar-refractivity contribution in [2.24, 2.45) is 5.92 Å². The Balaban J connectivity index is 1.84. The number of carbonyl (C=O) groups is 1. The standard InChI is InChI=1S/C15H21ClN2O3S/c1-12-3-2-10-18(11-12)15(19)8-9-17-22(20,21)14-6-4-13(16)5-7-14/h4-7,12,17H,2-3,8-11H2,1H3. The van der Waals surface area contributed by atoms with Crippen LogP contribution in [-0.2, 0) is 14.8 Å². The van der Waals surface area contributed by atoms with Gasteiger partial charge in [0.2, 0.25) is 15.9 Å². The van der Waals surface area contributed by atoms with Crippen molar-refractivity contribution in [3.63, 3.8) is 0 Å². The van der Waals surface area contributed by atoms with Crippen LogP contribution in [0, 0.1) is 5.92 Å². The van der Waals surface area contributed by atoms with Crippen molar-refractivity contribution in [3.8, 4) is 0 Å². The highest BCUT2D eigenvalue weighted by molar-refractivity contribution is 7.89. The Hall–Kier alpha value is -1.11. The molecule has 1 aromatic rings. The van der Waals surface area contributed by atoms with Crippen molar-refractivity contribution in [2.45, 2.75) is 31.1 Å². The lowest BCUT2D eigenvalue weighted by Crippen LogP contribution is -2.40. The maximum absolute atomic E-state index is 12.1. The lowest BCUT2D eigenvalue weighted by molar-refractivity contribution is -0.132. The summed E-state index contributed by atoms with van der Waals surface area (Å²) in [5, 5.41) is 0.480. The van der Waals surface area contributed by atoms with Gasteiger partial charge in [-0.05, 0) is 43.0 Å². The summed E-state index contributed by atoms with van der Waals surface area (Å²) in [6.45, 7) is 3.77. The highest BCUT2D eigenvalue weighted by Crippen LogP contribution is 2.16. The zero-order chi connectivity index (χ0) is 16.2. The molecule has 122 valence electrons. The molecule has 0 bridgehead atoms. The van der Waals surface area contributed by atoms with Gasteiger partial charge in [-0.1, -0.05) is 18.5 Å². The molecule has 1 saturated heterocycles. The second-order valence-electron chi connectivity index (χ2n) is 5.69. The third-order valence-electron chi connectivity index (χ3n) is 3.76. The summed E-state index contributed by atoms with van der Waals surface area (Å²) in [5.41, 5.74) is 0. The van der Waals surface area contributed by atoms with E-state index in [-0.39, 0.29) is 23.8 Å². The Morgan fingerprint density at radius 3 is 2.68 bits per heavy atom. The Kier molecular flexibility index (Phi) is 5.83. The van der Waals surface area contributed by atoms with Gasteiger partial charge in [-0.2, -0.15) is 0 Å². The number of nitrogens with zero attached hydrogens (tertiary/aromatic N) is 1. The Bertz CT molecular complexity index is 616.